The topological polar surface area (TPSA) is 12.0 Å². The molecule has 0 aromatic carbocycles. The third-order valence-corrected chi connectivity index (χ3v) is 3.71. The first-order valence-corrected chi connectivity index (χ1v) is 6.11. The lowest BCUT2D eigenvalue weighted by Crippen LogP contribution is -2.23. The van der Waals surface area contributed by atoms with E-state index in [9.17, 15) is 0 Å². The molecule has 0 aliphatic carbocycles. The summed E-state index contributed by atoms with van der Waals surface area (Å²) in [5.41, 5.74) is 1.53. The first-order valence-electron chi connectivity index (χ1n) is 4.50. The number of rotatable bonds is 1. The lowest BCUT2D eigenvalue weighted by atomic mass is 10.1. The summed E-state index contributed by atoms with van der Waals surface area (Å²) in [7, 11) is 0. The number of halogens is 1. The Kier molecular flexibility index (Phi) is 3.19. The molecule has 1 aliphatic heterocycles. The summed E-state index contributed by atoms with van der Waals surface area (Å²) in [6.07, 6.45) is 4.84. The van der Waals surface area contributed by atoms with Crippen LogP contribution in [0.15, 0.2) is 21.5 Å². The van der Waals surface area contributed by atoms with Gasteiger partial charge in [0.2, 0.25) is 0 Å². The number of thiophene rings is 1. The lowest BCUT2D eigenvalue weighted by Gasteiger charge is -2.14. The Hall–Kier alpha value is -0.120. The average Bonchev–Trinajstić information content (AvgIpc) is 2.53. The molecule has 2 rings (SSSR count). The van der Waals surface area contributed by atoms with E-state index < -0.39 is 0 Å². The SMILES string of the molecule is Brc1ccc(/C=C2/CCCNC2)s1. The van der Waals surface area contributed by atoms with E-state index in [1.807, 2.05) is 0 Å². The van der Waals surface area contributed by atoms with Gasteiger partial charge < -0.3 is 5.32 Å². The number of nitrogens with one attached hydrogen (secondary N) is 1. The van der Waals surface area contributed by atoms with Gasteiger partial charge in [-0.25, -0.2) is 0 Å². The van der Waals surface area contributed by atoms with Crippen molar-refractivity contribution in [2.75, 3.05) is 13.1 Å². The zero-order chi connectivity index (χ0) is 9.10. The third-order valence-electron chi connectivity index (χ3n) is 2.14. The van der Waals surface area contributed by atoms with E-state index in [4.69, 9.17) is 0 Å². The van der Waals surface area contributed by atoms with Crippen molar-refractivity contribution in [1.82, 2.24) is 5.32 Å². The van der Waals surface area contributed by atoms with Crippen LogP contribution in [0.4, 0.5) is 0 Å². The third kappa shape index (κ3) is 2.66. The van der Waals surface area contributed by atoms with Gasteiger partial charge in [0.25, 0.3) is 0 Å². The van der Waals surface area contributed by atoms with Crippen LogP contribution in [0, 0.1) is 0 Å². The van der Waals surface area contributed by atoms with Crippen LogP contribution in [0.1, 0.15) is 17.7 Å². The molecule has 13 heavy (non-hydrogen) atoms. The zero-order valence-corrected chi connectivity index (χ0v) is 9.75. The molecule has 1 aliphatic rings. The van der Waals surface area contributed by atoms with Crippen LogP contribution in [-0.4, -0.2) is 13.1 Å². The Bertz CT molecular complexity index is 308. The van der Waals surface area contributed by atoms with Crippen LogP contribution in [-0.2, 0) is 0 Å². The maximum atomic E-state index is 3.47. The summed E-state index contributed by atoms with van der Waals surface area (Å²) in [4.78, 5) is 1.35. The highest BCUT2D eigenvalue weighted by Crippen LogP contribution is 2.25. The minimum absolute atomic E-state index is 1.06. The van der Waals surface area contributed by atoms with Crippen LogP contribution in [0.3, 0.4) is 0 Å². The molecule has 1 N–H and O–H groups in total. The Morgan fingerprint density at radius 3 is 3.00 bits per heavy atom. The molecule has 0 unspecified atom stereocenters. The second-order valence-corrected chi connectivity index (χ2v) is 5.72. The molecule has 1 fully saturated rings. The largest absolute Gasteiger partial charge is 0.313 e. The van der Waals surface area contributed by atoms with Crippen molar-refractivity contribution in [2.45, 2.75) is 12.8 Å². The van der Waals surface area contributed by atoms with E-state index in [-0.39, 0.29) is 0 Å². The molecule has 2 heterocycles. The summed E-state index contributed by atoms with van der Waals surface area (Å²) in [5, 5.41) is 3.39. The Balaban J connectivity index is 2.09. The first kappa shape index (κ1) is 9.44. The van der Waals surface area contributed by atoms with Crippen LogP contribution in [0.2, 0.25) is 0 Å². The average molecular weight is 258 g/mol. The fourth-order valence-electron chi connectivity index (χ4n) is 1.51. The van der Waals surface area contributed by atoms with E-state index in [0.29, 0.717) is 0 Å². The van der Waals surface area contributed by atoms with Gasteiger partial charge in [-0.15, -0.1) is 11.3 Å². The number of hydrogen-bond acceptors (Lipinski definition) is 2. The van der Waals surface area contributed by atoms with Gasteiger partial charge in [0.1, 0.15) is 0 Å². The quantitative estimate of drug-likeness (QED) is 0.815. The molecule has 0 spiro atoms. The van der Waals surface area contributed by atoms with E-state index in [0.717, 1.165) is 6.54 Å². The molecule has 1 aromatic heterocycles. The van der Waals surface area contributed by atoms with Gasteiger partial charge in [-0.2, -0.15) is 0 Å². The molecule has 0 radical (unpaired) electrons. The molecule has 0 atom stereocenters. The smallest absolute Gasteiger partial charge is 0.0704 e. The summed E-state index contributed by atoms with van der Waals surface area (Å²) in [6, 6.07) is 4.27. The maximum absolute atomic E-state index is 3.47. The molecule has 0 bridgehead atoms. The second kappa shape index (κ2) is 4.40. The summed E-state index contributed by atoms with van der Waals surface area (Å²) < 4.78 is 1.21. The van der Waals surface area contributed by atoms with E-state index in [1.54, 1.807) is 11.3 Å². The van der Waals surface area contributed by atoms with Crippen LogP contribution < -0.4 is 5.32 Å². The molecule has 1 nitrogen and oxygen atoms in total. The van der Waals surface area contributed by atoms with Crippen LogP contribution in [0.5, 0.6) is 0 Å². The van der Waals surface area contributed by atoms with Gasteiger partial charge in [0.05, 0.1) is 3.79 Å². The van der Waals surface area contributed by atoms with Gasteiger partial charge >= 0.3 is 0 Å². The Morgan fingerprint density at radius 1 is 1.46 bits per heavy atom. The lowest BCUT2D eigenvalue weighted by molar-refractivity contribution is 0.613. The van der Waals surface area contributed by atoms with E-state index in [1.165, 1.54) is 33.6 Å². The highest BCUT2D eigenvalue weighted by atomic mass is 79.9. The van der Waals surface area contributed by atoms with Crippen molar-refractivity contribution in [3.63, 3.8) is 0 Å². The highest BCUT2D eigenvalue weighted by molar-refractivity contribution is 9.11. The van der Waals surface area contributed by atoms with Crippen LogP contribution >= 0.6 is 27.3 Å². The van der Waals surface area contributed by atoms with Crippen molar-refractivity contribution in [1.29, 1.82) is 0 Å². The van der Waals surface area contributed by atoms with Crippen molar-refractivity contribution in [3.8, 4) is 0 Å². The minimum atomic E-state index is 1.06. The van der Waals surface area contributed by atoms with Crippen molar-refractivity contribution < 1.29 is 0 Å². The Morgan fingerprint density at radius 2 is 2.38 bits per heavy atom. The molecule has 1 saturated heterocycles. The molecule has 70 valence electrons. The first-order chi connectivity index (χ1) is 6.34. The standard InChI is InChI=1S/C10H12BrNS/c11-10-4-3-9(13-10)6-8-2-1-5-12-7-8/h3-4,6,12H,1-2,5,7H2/b8-6-. The molecule has 3 heteroatoms. The maximum Gasteiger partial charge on any atom is 0.0704 e. The number of hydrogen-bond donors (Lipinski definition) is 1. The molecular weight excluding hydrogens is 246 g/mol. The van der Waals surface area contributed by atoms with Gasteiger partial charge in [0, 0.05) is 11.4 Å². The number of piperidine rings is 1. The fourth-order valence-corrected chi connectivity index (χ4v) is 2.92. The van der Waals surface area contributed by atoms with Gasteiger partial charge in [0.15, 0.2) is 0 Å². The summed E-state index contributed by atoms with van der Waals surface area (Å²) in [5.74, 6) is 0. The molecule has 1 aromatic rings. The normalized spacial score (nSPS) is 20.8. The minimum Gasteiger partial charge on any atom is -0.313 e. The van der Waals surface area contributed by atoms with Gasteiger partial charge in [-0.05, 0) is 53.5 Å². The molecular formula is C10H12BrNS. The molecule has 0 saturated carbocycles. The monoisotopic (exact) mass is 257 g/mol. The van der Waals surface area contributed by atoms with Crippen molar-refractivity contribution >= 4 is 33.3 Å². The van der Waals surface area contributed by atoms with E-state index in [2.05, 4.69) is 39.5 Å². The van der Waals surface area contributed by atoms with Gasteiger partial charge in [-0.1, -0.05) is 5.57 Å². The van der Waals surface area contributed by atoms with Crippen molar-refractivity contribution in [3.05, 3.63) is 26.4 Å². The predicted octanol–water partition coefficient (Wildman–Crippen LogP) is 3.28. The zero-order valence-electron chi connectivity index (χ0n) is 7.35. The second-order valence-electron chi connectivity index (χ2n) is 3.22. The summed E-state index contributed by atoms with van der Waals surface area (Å²) in [6.45, 7) is 2.24. The molecule has 0 amide bonds. The fraction of sp³-hybridized carbons (Fsp3) is 0.400. The van der Waals surface area contributed by atoms with Crippen molar-refractivity contribution in [2.24, 2.45) is 0 Å². The Labute approximate surface area is 91.0 Å². The van der Waals surface area contributed by atoms with Crippen LogP contribution in [0.25, 0.3) is 6.08 Å². The van der Waals surface area contributed by atoms with Gasteiger partial charge in [-0.3, -0.25) is 0 Å². The highest BCUT2D eigenvalue weighted by Gasteiger charge is 2.04. The predicted molar refractivity (Wildman–Crippen MR) is 62.1 cm³/mol. The van der Waals surface area contributed by atoms with E-state index >= 15 is 0 Å². The summed E-state index contributed by atoms with van der Waals surface area (Å²) >= 11 is 5.26.